The normalized spacial score (nSPS) is 16.0. The number of aliphatic imine (C=N–C) groups is 1. The van der Waals surface area contributed by atoms with Gasteiger partial charge in [-0.3, -0.25) is 9.80 Å². The van der Waals surface area contributed by atoms with Gasteiger partial charge in [0.05, 0.1) is 94.9 Å². The lowest BCUT2D eigenvalue weighted by Gasteiger charge is -2.23. The van der Waals surface area contributed by atoms with Gasteiger partial charge in [-0.25, -0.2) is 19.6 Å². The minimum Gasteiger partial charge on any atom is -0.493 e. The Hall–Kier alpha value is -4.18. The summed E-state index contributed by atoms with van der Waals surface area (Å²) in [4.78, 5) is 42.3. The topological polar surface area (TPSA) is 143 Å². The van der Waals surface area contributed by atoms with Gasteiger partial charge in [-0.15, -0.1) is 0 Å². The second kappa shape index (κ2) is 25.0. The molecule has 3 aromatic rings. The van der Waals surface area contributed by atoms with Gasteiger partial charge in [-0.1, -0.05) is 18.2 Å². The summed E-state index contributed by atoms with van der Waals surface area (Å²) >= 11 is 4.68. The third-order valence-electron chi connectivity index (χ3n) is 8.12. The van der Waals surface area contributed by atoms with E-state index in [1.165, 1.54) is 0 Å². The molecule has 0 bridgehead atoms. The first-order valence-corrected chi connectivity index (χ1v) is 18.7. The van der Waals surface area contributed by atoms with E-state index in [4.69, 9.17) is 33.2 Å². The van der Waals surface area contributed by atoms with E-state index in [9.17, 15) is 9.59 Å². The van der Waals surface area contributed by atoms with Gasteiger partial charge in [0.25, 0.3) is 0 Å². The number of benzene rings is 1. The molecule has 0 radical (unpaired) electrons. The van der Waals surface area contributed by atoms with Crippen LogP contribution in [0.5, 0.6) is 5.75 Å². The maximum atomic E-state index is 12.7. The Morgan fingerprint density at radius 2 is 1.26 bits per heavy atom. The molecule has 0 amide bonds. The lowest BCUT2D eigenvalue weighted by Crippen LogP contribution is -2.33. The van der Waals surface area contributed by atoms with Crippen molar-refractivity contribution >= 4 is 35.0 Å². The van der Waals surface area contributed by atoms with Crippen LogP contribution in [-0.4, -0.2) is 136 Å². The zero-order chi connectivity index (χ0) is 38.2. The molecule has 0 spiro atoms. The molecule has 54 heavy (non-hydrogen) atoms. The van der Waals surface area contributed by atoms with Crippen LogP contribution in [0.15, 0.2) is 59.6 Å². The molecule has 1 aliphatic rings. The maximum Gasteiger partial charge on any atom is 0.357 e. The lowest BCUT2D eigenvalue weighted by atomic mass is 10.1. The third-order valence-corrected chi connectivity index (χ3v) is 8.21. The number of esters is 2. The summed E-state index contributed by atoms with van der Waals surface area (Å²) < 4.78 is 40.1. The summed E-state index contributed by atoms with van der Waals surface area (Å²) in [7, 11) is 0. The Kier molecular flexibility index (Phi) is 19.7. The second-order valence-corrected chi connectivity index (χ2v) is 12.3. The number of hydrogen-bond acceptors (Lipinski definition) is 15. The van der Waals surface area contributed by atoms with Gasteiger partial charge in [0.15, 0.2) is 5.69 Å². The monoisotopic (exact) mass is 765 g/mol. The van der Waals surface area contributed by atoms with Crippen molar-refractivity contribution in [3.8, 4) is 5.75 Å². The van der Waals surface area contributed by atoms with Crippen molar-refractivity contribution in [1.82, 2.24) is 19.8 Å². The van der Waals surface area contributed by atoms with Crippen molar-refractivity contribution in [2.24, 2.45) is 4.99 Å². The number of isothiocyanates is 1. The van der Waals surface area contributed by atoms with Crippen LogP contribution >= 0.6 is 12.2 Å². The molecule has 3 heterocycles. The number of ether oxygens (including phenoxy) is 7. The average Bonchev–Trinajstić information content (AvgIpc) is 3.17. The summed E-state index contributed by atoms with van der Waals surface area (Å²) in [5.41, 5.74) is 3.73. The van der Waals surface area contributed by atoms with E-state index < -0.39 is 11.9 Å². The molecule has 0 saturated carbocycles. The molecule has 2 aromatic heterocycles. The highest BCUT2D eigenvalue weighted by Gasteiger charge is 2.16. The number of thiocarbonyl (C=S) groups is 1. The molecule has 4 rings (SSSR count). The van der Waals surface area contributed by atoms with Gasteiger partial charge in [0.2, 0.25) is 0 Å². The van der Waals surface area contributed by atoms with Gasteiger partial charge >= 0.3 is 11.9 Å². The van der Waals surface area contributed by atoms with Gasteiger partial charge in [-0.05, 0) is 55.9 Å². The van der Waals surface area contributed by atoms with Crippen LogP contribution in [0, 0.1) is 0 Å². The van der Waals surface area contributed by atoms with E-state index in [1.54, 1.807) is 26.0 Å². The number of nitrogens with zero attached hydrogens (tertiary/aromatic N) is 5. The SMILES string of the molecule is CCOC(=O)c1cccc(CN2CCOCCOCCN(Cc3cc(OCCc4ccc(N=C=S)cc4)cc(C(=O)OCC)n3)CCOCCOCC2)n1. The Bertz CT molecular complexity index is 1600. The molecular formula is C39H51N5O9S. The molecular weight excluding hydrogens is 715 g/mol. The number of carbonyl (C=O) groups excluding carboxylic acids is 2. The smallest absolute Gasteiger partial charge is 0.357 e. The average molecular weight is 766 g/mol. The molecule has 0 atom stereocenters. The molecule has 1 saturated heterocycles. The van der Waals surface area contributed by atoms with E-state index >= 15 is 0 Å². The number of aromatic nitrogens is 2. The third kappa shape index (κ3) is 16.0. The Morgan fingerprint density at radius 3 is 1.81 bits per heavy atom. The zero-order valence-electron chi connectivity index (χ0n) is 31.2. The van der Waals surface area contributed by atoms with Crippen molar-refractivity contribution < 1.29 is 42.7 Å². The minimum absolute atomic E-state index is 0.190. The molecule has 1 aliphatic heterocycles. The number of hydrogen-bond donors (Lipinski definition) is 0. The zero-order valence-corrected chi connectivity index (χ0v) is 32.1. The van der Waals surface area contributed by atoms with Crippen LogP contribution in [0.3, 0.4) is 0 Å². The van der Waals surface area contributed by atoms with Gasteiger partial charge in [-0.2, -0.15) is 4.99 Å². The van der Waals surface area contributed by atoms with Gasteiger partial charge in [0, 0.05) is 57.8 Å². The lowest BCUT2D eigenvalue weighted by molar-refractivity contribution is 0.00596. The molecule has 0 N–H and O–H groups in total. The predicted octanol–water partition coefficient (Wildman–Crippen LogP) is 4.57. The number of pyridine rings is 2. The Labute approximate surface area is 322 Å². The first-order chi connectivity index (χ1) is 26.5. The molecule has 1 fully saturated rings. The fraction of sp³-hybridized carbons (Fsp3) is 0.513. The summed E-state index contributed by atoms with van der Waals surface area (Å²) in [6, 6.07) is 16.5. The highest BCUT2D eigenvalue weighted by atomic mass is 32.1. The fourth-order valence-corrected chi connectivity index (χ4v) is 5.52. The van der Waals surface area contributed by atoms with Gasteiger partial charge < -0.3 is 33.2 Å². The first-order valence-electron chi connectivity index (χ1n) is 18.3. The summed E-state index contributed by atoms with van der Waals surface area (Å²) in [5.74, 6) is -0.404. The molecule has 0 unspecified atom stereocenters. The second-order valence-electron chi connectivity index (χ2n) is 12.1. The van der Waals surface area contributed by atoms with Crippen LogP contribution < -0.4 is 4.74 Å². The van der Waals surface area contributed by atoms with E-state index in [0.29, 0.717) is 129 Å². The van der Waals surface area contributed by atoms with E-state index in [2.05, 4.69) is 42.1 Å². The van der Waals surface area contributed by atoms with E-state index in [0.717, 1.165) is 16.9 Å². The van der Waals surface area contributed by atoms with Crippen molar-refractivity contribution in [3.63, 3.8) is 0 Å². The Balaban J connectivity index is 1.31. The number of rotatable bonds is 13. The van der Waals surface area contributed by atoms with Crippen LogP contribution in [-0.2, 0) is 47.9 Å². The summed E-state index contributed by atoms with van der Waals surface area (Å²) in [6.07, 6.45) is 0.658. The maximum absolute atomic E-state index is 12.7. The molecule has 0 aliphatic carbocycles. The van der Waals surface area contributed by atoms with Crippen molar-refractivity contribution in [1.29, 1.82) is 0 Å². The van der Waals surface area contributed by atoms with E-state index in [-0.39, 0.29) is 12.3 Å². The van der Waals surface area contributed by atoms with Crippen LogP contribution in [0.1, 0.15) is 51.8 Å². The standard InChI is InChI=1S/C39H51N5O9S/c1-3-51-38(45)36-7-5-6-33(41-36)28-43-13-18-47-22-24-49-20-15-44(16-21-50-25-23-48-19-14-43)29-34-26-35(27-37(42-34)39(46)52-4-2)53-17-12-31-8-10-32(11-9-31)40-30-54/h5-11,26-27H,3-4,12-25,28-29H2,1-2H3. The highest BCUT2D eigenvalue weighted by Crippen LogP contribution is 2.19. The first kappa shape index (κ1) is 42.6. The highest BCUT2D eigenvalue weighted by molar-refractivity contribution is 7.78. The molecule has 292 valence electrons. The fourth-order valence-electron chi connectivity index (χ4n) is 5.41. The summed E-state index contributed by atoms with van der Waals surface area (Å²) in [6.45, 7) is 11.7. The van der Waals surface area contributed by atoms with Crippen molar-refractivity contribution in [2.45, 2.75) is 33.4 Å². The molecule has 14 nitrogen and oxygen atoms in total. The van der Waals surface area contributed by atoms with Crippen molar-refractivity contribution in [3.05, 3.63) is 82.9 Å². The largest absolute Gasteiger partial charge is 0.493 e. The van der Waals surface area contributed by atoms with E-state index in [1.807, 2.05) is 42.5 Å². The summed E-state index contributed by atoms with van der Waals surface area (Å²) in [5, 5.41) is 2.37. The van der Waals surface area contributed by atoms with Crippen LogP contribution in [0.2, 0.25) is 0 Å². The number of carbonyl (C=O) groups is 2. The van der Waals surface area contributed by atoms with Crippen LogP contribution in [0.4, 0.5) is 5.69 Å². The Morgan fingerprint density at radius 1 is 0.722 bits per heavy atom. The van der Waals surface area contributed by atoms with Crippen molar-refractivity contribution in [2.75, 3.05) is 98.9 Å². The molecule has 1 aromatic carbocycles. The predicted molar refractivity (Wildman–Crippen MR) is 205 cm³/mol. The van der Waals surface area contributed by atoms with Gasteiger partial charge in [0.1, 0.15) is 11.4 Å². The quantitative estimate of drug-likeness (QED) is 0.136. The van der Waals surface area contributed by atoms with Crippen LogP contribution in [0.25, 0.3) is 0 Å². The minimum atomic E-state index is -0.506. The molecule has 15 heteroatoms.